The third-order valence-corrected chi connectivity index (χ3v) is 3.08. The topological polar surface area (TPSA) is 69.9 Å². The van der Waals surface area contributed by atoms with Crippen molar-refractivity contribution in [2.45, 2.75) is 19.4 Å². The Balaban J connectivity index is 2.10. The molecule has 19 heavy (non-hydrogen) atoms. The van der Waals surface area contributed by atoms with Crippen molar-refractivity contribution in [2.75, 3.05) is 0 Å². The molecule has 3 N–H and O–H groups in total. The van der Waals surface area contributed by atoms with Gasteiger partial charge in [0.25, 0.3) is 0 Å². The molecule has 0 bridgehead atoms. The Morgan fingerprint density at radius 1 is 0.895 bits per heavy atom. The Bertz CT molecular complexity index is 534. The van der Waals surface area contributed by atoms with Gasteiger partial charge in [-0.25, -0.2) is 4.89 Å². The number of aromatic hydroxyl groups is 2. The van der Waals surface area contributed by atoms with Crippen molar-refractivity contribution in [3.63, 3.8) is 0 Å². The second-order valence-corrected chi connectivity index (χ2v) is 4.35. The van der Waals surface area contributed by atoms with Crippen LogP contribution in [-0.4, -0.2) is 15.5 Å². The number of rotatable bonds is 5. The quantitative estimate of drug-likeness (QED) is 0.571. The first kappa shape index (κ1) is 13.4. The molecule has 0 atom stereocenters. The maximum absolute atomic E-state index is 9.73. The molecular weight excluding hydrogens is 244 g/mol. The van der Waals surface area contributed by atoms with Crippen LogP contribution < -0.4 is 0 Å². The van der Waals surface area contributed by atoms with E-state index in [0.29, 0.717) is 5.56 Å². The molecule has 4 heteroatoms. The van der Waals surface area contributed by atoms with Crippen LogP contribution in [0, 0.1) is 0 Å². The summed E-state index contributed by atoms with van der Waals surface area (Å²) in [6, 6.07) is 12.3. The third kappa shape index (κ3) is 3.47. The van der Waals surface area contributed by atoms with Gasteiger partial charge in [-0.05, 0) is 42.2 Å². The minimum atomic E-state index is -0.0302. The summed E-state index contributed by atoms with van der Waals surface area (Å²) < 4.78 is 0. The van der Waals surface area contributed by atoms with Gasteiger partial charge < -0.3 is 10.2 Å². The Kier molecular flexibility index (Phi) is 4.39. The van der Waals surface area contributed by atoms with Crippen LogP contribution >= 0.6 is 0 Å². The van der Waals surface area contributed by atoms with E-state index >= 15 is 0 Å². The van der Waals surface area contributed by atoms with E-state index in [1.807, 2.05) is 18.2 Å². The fourth-order valence-electron chi connectivity index (χ4n) is 2.03. The standard InChI is InChI=1S/C15H16O4/c16-13-8-5-11(6-9-13)4-7-12-2-1-3-15(17)14(12)10-19-18/h1-3,5-6,8-9,16-18H,4,7,10H2. The summed E-state index contributed by atoms with van der Waals surface area (Å²) in [7, 11) is 0. The molecule has 0 aliphatic carbocycles. The first-order chi connectivity index (χ1) is 9.20. The van der Waals surface area contributed by atoms with Gasteiger partial charge in [-0.3, -0.25) is 5.26 Å². The summed E-state index contributed by atoms with van der Waals surface area (Å²) in [5.41, 5.74) is 2.63. The molecule has 0 aliphatic rings. The average molecular weight is 260 g/mol. The highest BCUT2D eigenvalue weighted by Gasteiger charge is 2.08. The van der Waals surface area contributed by atoms with Gasteiger partial charge >= 0.3 is 0 Å². The van der Waals surface area contributed by atoms with Crippen molar-refractivity contribution in [1.29, 1.82) is 0 Å². The van der Waals surface area contributed by atoms with E-state index in [1.54, 1.807) is 24.3 Å². The van der Waals surface area contributed by atoms with Gasteiger partial charge in [-0.15, -0.1) is 0 Å². The van der Waals surface area contributed by atoms with Crippen molar-refractivity contribution in [3.8, 4) is 11.5 Å². The van der Waals surface area contributed by atoms with Gasteiger partial charge in [0.05, 0.1) is 0 Å². The first-order valence-corrected chi connectivity index (χ1v) is 6.04. The fraction of sp³-hybridized carbons (Fsp3) is 0.200. The number of benzene rings is 2. The molecule has 0 aliphatic heterocycles. The molecule has 0 saturated carbocycles. The smallest absolute Gasteiger partial charge is 0.121 e. The molecule has 0 aromatic heterocycles. The van der Waals surface area contributed by atoms with Crippen molar-refractivity contribution in [2.24, 2.45) is 0 Å². The SMILES string of the molecule is OOCc1c(O)cccc1CCc1ccc(O)cc1. The summed E-state index contributed by atoms with van der Waals surface area (Å²) in [4.78, 5) is 4.12. The first-order valence-electron chi connectivity index (χ1n) is 6.04. The van der Waals surface area contributed by atoms with E-state index in [2.05, 4.69) is 4.89 Å². The van der Waals surface area contributed by atoms with E-state index in [1.165, 1.54) is 0 Å². The molecule has 0 fully saturated rings. The number of hydrogen-bond acceptors (Lipinski definition) is 4. The van der Waals surface area contributed by atoms with Gasteiger partial charge in [-0.1, -0.05) is 24.3 Å². The van der Waals surface area contributed by atoms with E-state index in [0.717, 1.165) is 24.0 Å². The van der Waals surface area contributed by atoms with Gasteiger partial charge in [0.1, 0.15) is 18.1 Å². The Morgan fingerprint density at radius 3 is 2.32 bits per heavy atom. The van der Waals surface area contributed by atoms with Crippen LogP contribution in [0.2, 0.25) is 0 Å². The van der Waals surface area contributed by atoms with Gasteiger partial charge in [-0.2, -0.15) is 0 Å². The van der Waals surface area contributed by atoms with Crippen LogP contribution in [0.4, 0.5) is 0 Å². The molecular formula is C15H16O4. The highest BCUT2D eigenvalue weighted by molar-refractivity contribution is 5.39. The second-order valence-electron chi connectivity index (χ2n) is 4.35. The van der Waals surface area contributed by atoms with Gasteiger partial charge in [0.15, 0.2) is 0 Å². The van der Waals surface area contributed by atoms with Crippen molar-refractivity contribution >= 4 is 0 Å². The highest BCUT2D eigenvalue weighted by Crippen LogP contribution is 2.23. The van der Waals surface area contributed by atoms with Crippen molar-refractivity contribution in [1.82, 2.24) is 0 Å². The van der Waals surface area contributed by atoms with Crippen molar-refractivity contribution in [3.05, 3.63) is 59.2 Å². The predicted octanol–water partition coefficient (Wildman–Crippen LogP) is 2.87. The molecule has 4 nitrogen and oxygen atoms in total. The van der Waals surface area contributed by atoms with E-state index in [-0.39, 0.29) is 18.1 Å². The minimum absolute atomic E-state index is 0.0302. The van der Waals surface area contributed by atoms with Crippen LogP contribution in [0.3, 0.4) is 0 Å². The zero-order chi connectivity index (χ0) is 13.7. The molecule has 0 amide bonds. The number of aryl methyl sites for hydroxylation is 2. The molecule has 0 unspecified atom stereocenters. The summed E-state index contributed by atoms with van der Waals surface area (Å²) in [6.07, 6.45) is 1.50. The van der Waals surface area contributed by atoms with E-state index < -0.39 is 0 Å². The lowest BCUT2D eigenvalue weighted by Crippen LogP contribution is -1.99. The second kappa shape index (κ2) is 6.22. The van der Waals surface area contributed by atoms with Crippen LogP contribution in [0.5, 0.6) is 11.5 Å². The molecule has 0 spiro atoms. The molecule has 2 rings (SSSR count). The molecule has 100 valence electrons. The lowest BCUT2D eigenvalue weighted by atomic mass is 9.99. The average Bonchev–Trinajstić information content (AvgIpc) is 2.41. The number of phenols is 2. The maximum Gasteiger partial charge on any atom is 0.121 e. The lowest BCUT2D eigenvalue weighted by Gasteiger charge is -2.10. The number of phenolic OH excluding ortho intramolecular Hbond substituents is 2. The van der Waals surface area contributed by atoms with Gasteiger partial charge in [0.2, 0.25) is 0 Å². The lowest BCUT2D eigenvalue weighted by molar-refractivity contribution is -0.253. The zero-order valence-corrected chi connectivity index (χ0v) is 10.4. The van der Waals surface area contributed by atoms with E-state index in [9.17, 15) is 10.2 Å². The Hall–Kier alpha value is -2.04. The molecule has 2 aromatic rings. The summed E-state index contributed by atoms with van der Waals surface area (Å²) in [5, 5.41) is 27.5. The third-order valence-electron chi connectivity index (χ3n) is 3.08. The van der Waals surface area contributed by atoms with Crippen LogP contribution in [-0.2, 0) is 24.3 Å². The number of hydrogen-bond donors (Lipinski definition) is 3. The Labute approximate surface area is 111 Å². The minimum Gasteiger partial charge on any atom is -0.508 e. The monoisotopic (exact) mass is 260 g/mol. The summed E-state index contributed by atoms with van der Waals surface area (Å²) >= 11 is 0. The van der Waals surface area contributed by atoms with Crippen LogP contribution in [0.1, 0.15) is 16.7 Å². The highest BCUT2D eigenvalue weighted by atomic mass is 17.1. The summed E-state index contributed by atoms with van der Waals surface area (Å²) in [5.74, 6) is 0.368. The van der Waals surface area contributed by atoms with E-state index in [4.69, 9.17) is 5.26 Å². The summed E-state index contributed by atoms with van der Waals surface area (Å²) in [6.45, 7) is -0.0302. The molecule has 0 saturated heterocycles. The normalized spacial score (nSPS) is 10.6. The van der Waals surface area contributed by atoms with Gasteiger partial charge in [0, 0.05) is 5.56 Å². The van der Waals surface area contributed by atoms with Crippen molar-refractivity contribution < 1.29 is 20.4 Å². The molecule has 0 heterocycles. The predicted molar refractivity (Wildman–Crippen MR) is 71.0 cm³/mol. The Morgan fingerprint density at radius 2 is 1.63 bits per heavy atom. The van der Waals surface area contributed by atoms with Crippen LogP contribution in [0.25, 0.3) is 0 Å². The fourth-order valence-corrected chi connectivity index (χ4v) is 2.03. The molecule has 0 radical (unpaired) electrons. The molecule has 2 aromatic carbocycles. The largest absolute Gasteiger partial charge is 0.508 e. The van der Waals surface area contributed by atoms with Crippen LogP contribution in [0.15, 0.2) is 42.5 Å². The maximum atomic E-state index is 9.73. The zero-order valence-electron chi connectivity index (χ0n) is 10.4.